The number of hydrogen-bond donors (Lipinski definition) is 1. The zero-order valence-corrected chi connectivity index (χ0v) is 15.1. The van der Waals surface area contributed by atoms with E-state index < -0.39 is 30.1 Å². The summed E-state index contributed by atoms with van der Waals surface area (Å²) in [5, 5.41) is 3.66. The van der Waals surface area contributed by atoms with Gasteiger partial charge in [-0.3, -0.25) is 4.79 Å². The molecule has 4 nitrogen and oxygen atoms in total. The number of rotatable bonds is 4. The van der Waals surface area contributed by atoms with Gasteiger partial charge in [0.25, 0.3) is 5.91 Å². The number of ether oxygens (including phenoxy) is 1. The standard InChI is InChI=1S/C17H9Cl2F2NO3S/c18-8-1-3-10-13(5-8)26-16(15(10)19)17(24)25-7-14(23)22-9-2-4-11(20)12(21)6-9/h1-6H,7H2,(H,22,23). The predicted octanol–water partition coefficient (Wildman–Crippen LogP) is 5.28. The highest BCUT2D eigenvalue weighted by atomic mass is 35.5. The van der Waals surface area contributed by atoms with Gasteiger partial charge in [0, 0.05) is 26.9 Å². The molecule has 0 radical (unpaired) electrons. The van der Waals surface area contributed by atoms with Crippen LogP contribution in [0.1, 0.15) is 9.67 Å². The van der Waals surface area contributed by atoms with E-state index in [1.54, 1.807) is 18.2 Å². The van der Waals surface area contributed by atoms with Gasteiger partial charge in [-0.25, -0.2) is 13.6 Å². The Bertz CT molecular complexity index is 1020. The van der Waals surface area contributed by atoms with Crippen molar-refractivity contribution in [3.63, 3.8) is 0 Å². The summed E-state index contributed by atoms with van der Waals surface area (Å²) in [6, 6.07) is 7.88. The van der Waals surface area contributed by atoms with Crippen molar-refractivity contribution < 1.29 is 23.1 Å². The molecule has 1 aromatic heterocycles. The third-order valence-corrected chi connectivity index (χ3v) is 5.19. The Kier molecular flexibility index (Phi) is 5.41. The van der Waals surface area contributed by atoms with Crippen LogP contribution in [0.5, 0.6) is 0 Å². The van der Waals surface area contributed by atoms with Gasteiger partial charge in [0.1, 0.15) is 4.88 Å². The fourth-order valence-corrected chi connectivity index (χ4v) is 3.82. The van der Waals surface area contributed by atoms with Gasteiger partial charge in [-0.05, 0) is 24.3 Å². The van der Waals surface area contributed by atoms with E-state index in [9.17, 15) is 18.4 Å². The summed E-state index contributed by atoms with van der Waals surface area (Å²) in [5.74, 6) is -3.61. The molecule has 0 unspecified atom stereocenters. The fourth-order valence-electron chi connectivity index (χ4n) is 2.14. The SMILES string of the molecule is O=C(COC(=O)c1sc2cc(Cl)ccc2c1Cl)Nc1ccc(F)c(F)c1. The van der Waals surface area contributed by atoms with Crippen molar-refractivity contribution in [1.82, 2.24) is 0 Å². The van der Waals surface area contributed by atoms with E-state index in [1.165, 1.54) is 6.07 Å². The number of esters is 1. The second-order valence-electron chi connectivity index (χ2n) is 5.14. The first-order valence-electron chi connectivity index (χ1n) is 7.14. The maximum Gasteiger partial charge on any atom is 0.350 e. The molecule has 0 spiro atoms. The summed E-state index contributed by atoms with van der Waals surface area (Å²) in [7, 11) is 0. The number of hydrogen-bond acceptors (Lipinski definition) is 4. The van der Waals surface area contributed by atoms with E-state index in [4.69, 9.17) is 27.9 Å². The fraction of sp³-hybridized carbons (Fsp3) is 0.0588. The van der Waals surface area contributed by atoms with Crippen molar-refractivity contribution in [2.24, 2.45) is 0 Å². The van der Waals surface area contributed by atoms with Crippen LogP contribution in [0.25, 0.3) is 10.1 Å². The Morgan fingerprint density at radius 3 is 2.58 bits per heavy atom. The lowest BCUT2D eigenvalue weighted by Crippen LogP contribution is -2.20. The first kappa shape index (κ1) is 18.6. The molecule has 1 heterocycles. The highest BCUT2D eigenvalue weighted by Crippen LogP contribution is 2.37. The van der Waals surface area contributed by atoms with Crippen molar-refractivity contribution in [2.75, 3.05) is 11.9 Å². The minimum Gasteiger partial charge on any atom is -0.451 e. The van der Waals surface area contributed by atoms with E-state index in [0.29, 0.717) is 15.1 Å². The lowest BCUT2D eigenvalue weighted by molar-refractivity contribution is -0.119. The summed E-state index contributed by atoms with van der Waals surface area (Å²) in [4.78, 5) is 24.1. The molecular formula is C17H9Cl2F2NO3S. The molecule has 0 bridgehead atoms. The number of thiophene rings is 1. The van der Waals surface area contributed by atoms with Crippen LogP contribution in [0.3, 0.4) is 0 Å². The first-order valence-corrected chi connectivity index (χ1v) is 8.72. The highest BCUT2D eigenvalue weighted by Gasteiger charge is 2.19. The Balaban J connectivity index is 1.65. The second-order valence-corrected chi connectivity index (χ2v) is 7.01. The zero-order chi connectivity index (χ0) is 18.8. The smallest absolute Gasteiger partial charge is 0.350 e. The molecule has 0 saturated carbocycles. The van der Waals surface area contributed by atoms with Crippen LogP contribution in [-0.4, -0.2) is 18.5 Å². The molecule has 1 amide bonds. The summed E-state index contributed by atoms with van der Waals surface area (Å²) >= 11 is 13.2. The summed E-state index contributed by atoms with van der Waals surface area (Å²) in [6.07, 6.45) is 0. The summed E-state index contributed by atoms with van der Waals surface area (Å²) in [5.41, 5.74) is 0.0412. The quantitative estimate of drug-likeness (QED) is 0.589. The largest absolute Gasteiger partial charge is 0.451 e. The monoisotopic (exact) mass is 415 g/mol. The van der Waals surface area contributed by atoms with Crippen molar-refractivity contribution in [3.05, 3.63) is 63.0 Å². The van der Waals surface area contributed by atoms with E-state index in [1.807, 2.05) is 0 Å². The van der Waals surface area contributed by atoms with E-state index >= 15 is 0 Å². The average Bonchev–Trinajstić information content (AvgIpc) is 2.92. The number of carbonyl (C=O) groups is 2. The Labute approximate surface area is 160 Å². The lowest BCUT2D eigenvalue weighted by atomic mass is 10.2. The van der Waals surface area contributed by atoms with Crippen LogP contribution < -0.4 is 5.32 Å². The second kappa shape index (κ2) is 7.57. The molecule has 0 aliphatic heterocycles. The number of anilines is 1. The van der Waals surface area contributed by atoms with Crippen molar-refractivity contribution in [1.29, 1.82) is 0 Å². The van der Waals surface area contributed by atoms with Gasteiger partial charge in [0.2, 0.25) is 0 Å². The molecule has 1 N–H and O–H groups in total. The molecule has 9 heteroatoms. The van der Waals surface area contributed by atoms with Gasteiger partial charge in [-0.2, -0.15) is 0 Å². The van der Waals surface area contributed by atoms with Gasteiger partial charge in [-0.15, -0.1) is 11.3 Å². The molecule has 26 heavy (non-hydrogen) atoms. The van der Waals surface area contributed by atoms with Crippen LogP contribution in [0, 0.1) is 11.6 Å². The Morgan fingerprint density at radius 1 is 1.08 bits per heavy atom. The molecule has 3 rings (SSSR count). The molecule has 0 fully saturated rings. The maximum absolute atomic E-state index is 13.1. The molecule has 0 aliphatic carbocycles. The molecular weight excluding hydrogens is 407 g/mol. The van der Waals surface area contributed by atoms with Gasteiger partial charge >= 0.3 is 5.97 Å². The van der Waals surface area contributed by atoms with Gasteiger partial charge < -0.3 is 10.1 Å². The average molecular weight is 416 g/mol. The van der Waals surface area contributed by atoms with Crippen LogP contribution >= 0.6 is 34.5 Å². The molecule has 2 aromatic carbocycles. The van der Waals surface area contributed by atoms with Gasteiger partial charge in [-0.1, -0.05) is 29.3 Å². The number of halogens is 4. The number of carbonyl (C=O) groups excluding carboxylic acids is 2. The number of benzene rings is 2. The third-order valence-electron chi connectivity index (χ3n) is 3.31. The maximum atomic E-state index is 13.1. The molecule has 134 valence electrons. The Hall–Kier alpha value is -2.22. The minimum absolute atomic E-state index is 0.0412. The highest BCUT2D eigenvalue weighted by molar-refractivity contribution is 7.21. The topological polar surface area (TPSA) is 55.4 Å². The lowest BCUT2D eigenvalue weighted by Gasteiger charge is -2.06. The van der Waals surface area contributed by atoms with Crippen molar-refractivity contribution in [3.8, 4) is 0 Å². The number of amides is 1. The van der Waals surface area contributed by atoms with E-state index in [0.717, 1.165) is 23.5 Å². The van der Waals surface area contributed by atoms with Gasteiger partial charge in [0.15, 0.2) is 18.2 Å². The van der Waals surface area contributed by atoms with Crippen LogP contribution in [0.15, 0.2) is 36.4 Å². The summed E-state index contributed by atoms with van der Waals surface area (Å²) < 4.78 is 31.6. The molecule has 0 atom stereocenters. The predicted molar refractivity (Wildman–Crippen MR) is 97.1 cm³/mol. The summed E-state index contributed by atoms with van der Waals surface area (Å²) in [6.45, 7) is -0.608. The molecule has 0 aliphatic rings. The minimum atomic E-state index is -1.10. The zero-order valence-electron chi connectivity index (χ0n) is 12.8. The third kappa shape index (κ3) is 3.95. The van der Waals surface area contributed by atoms with Crippen molar-refractivity contribution >= 4 is 62.2 Å². The Morgan fingerprint density at radius 2 is 1.85 bits per heavy atom. The normalized spacial score (nSPS) is 10.8. The molecule has 3 aromatic rings. The van der Waals surface area contributed by atoms with Crippen LogP contribution in [0.2, 0.25) is 10.0 Å². The van der Waals surface area contributed by atoms with Crippen LogP contribution in [-0.2, 0) is 9.53 Å². The molecule has 0 saturated heterocycles. The van der Waals surface area contributed by atoms with E-state index in [2.05, 4.69) is 5.32 Å². The first-order chi connectivity index (χ1) is 12.3. The number of fused-ring (bicyclic) bond motifs is 1. The van der Waals surface area contributed by atoms with Crippen molar-refractivity contribution in [2.45, 2.75) is 0 Å². The number of nitrogens with one attached hydrogen (secondary N) is 1. The van der Waals surface area contributed by atoms with Gasteiger partial charge in [0.05, 0.1) is 5.02 Å². The van der Waals surface area contributed by atoms with Crippen LogP contribution in [0.4, 0.5) is 14.5 Å². The van der Waals surface area contributed by atoms with E-state index in [-0.39, 0.29) is 15.6 Å².